The Labute approximate surface area is 146 Å². The minimum Gasteiger partial charge on any atom is -0.379 e. The molecule has 3 aromatic heterocycles. The summed E-state index contributed by atoms with van der Waals surface area (Å²) in [7, 11) is 0. The first kappa shape index (κ1) is 15.3. The van der Waals surface area contributed by atoms with Crippen LogP contribution in [0.3, 0.4) is 0 Å². The van der Waals surface area contributed by atoms with Crippen LogP contribution in [0.2, 0.25) is 5.15 Å². The maximum absolute atomic E-state index is 11.9. The highest BCUT2D eigenvalue weighted by atomic mass is 35.5. The number of nitrogens with two attached hydrogens (primary N) is 1. The lowest BCUT2D eigenvalue weighted by molar-refractivity contribution is -0.109. The predicted octanol–water partition coefficient (Wildman–Crippen LogP) is 2.51. The second kappa shape index (κ2) is 5.99. The van der Waals surface area contributed by atoms with E-state index in [4.69, 9.17) is 17.3 Å². The third-order valence-electron chi connectivity index (χ3n) is 3.82. The first-order valence-corrected chi connectivity index (χ1v) is 7.69. The van der Waals surface area contributed by atoms with Crippen molar-refractivity contribution in [2.75, 3.05) is 5.73 Å². The van der Waals surface area contributed by atoms with E-state index in [1.54, 1.807) is 22.9 Å². The molecule has 0 aliphatic rings. The lowest BCUT2D eigenvalue weighted by atomic mass is 10.1. The van der Waals surface area contributed by atoms with Gasteiger partial charge in [0, 0.05) is 11.8 Å². The number of imidazole rings is 1. The van der Waals surface area contributed by atoms with Crippen molar-refractivity contribution in [1.29, 1.82) is 0 Å². The summed E-state index contributed by atoms with van der Waals surface area (Å²) in [4.78, 5) is 20.5. The SMILES string of the molecule is Nc1nonc1-c1nc2ccccc2n1C(C=O)c1ccc(Cl)nc1. The second-order valence-electron chi connectivity index (χ2n) is 5.29. The quantitative estimate of drug-likeness (QED) is 0.442. The topological polar surface area (TPSA) is 113 Å². The number of rotatable bonds is 4. The second-order valence-corrected chi connectivity index (χ2v) is 5.67. The molecule has 0 saturated carbocycles. The maximum atomic E-state index is 11.9. The van der Waals surface area contributed by atoms with E-state index >= 15 is 0 Å². The van der Waals surface area contributed by atoms with Gasteiger partial charge in [-0.15, -0.1) is 0 Å². The summed E-state index contributed by atoms with van der Waals surface area (Å²) in [5, 5.41) is 7.76. The summed E-state index contributed by atoms with van der Waals surface area (Å²) in [6, 6.07) is 10.1. The van der Waals surface area contributed by atoms with Gasteiger partial charge < -0.3 is 15.1 Å². The van der Waals surface area contributed by atoms with Gasteiger partial charge in [0.2, 0.25) is 0 Å². The van der Waals surface area contributed by atoms with E-state index in [2.05, 4.69) is 24.9 Å². The molecule has 0 fully saturated rings. The molecule has 4 rings (SSSR count). The molecular formula is C16H11ClN6O2. The molecule has 4 aromatic rings. The zero-order chi connectivity index (χ0) is 17.4. The molecule has 0 aliphatic carbocycles. The normalized spacial score (nSPS) is 12.4. The summed E-state index contributed by atoms with van der Waals surface area (Å²) in [5.41, 5.74) is 8.18. The Morgan fingerprint density at radius 2 is 2.04 bits per heavy atom. The van der Waals surface area contributed by atoms with Crippen molar-refractivity contribution in [1.82, 2.24) is 24.8 Å². The number of benzene rings is 1. The summed E-state index contributed by atoms with van der Waals surface area (Å²) >= 11 is 5.85. The fourth-order valence-corrected chi connectivity index (χ4v) is 2.81. The zero-order valence-corrected chi connectivity index (χ0v) is 13.5. The Balaban J connectivity index is 2.00. The highest BCUT2D eigenvalue weighted by Crippen LogP contribution is 2.31. The molecule has 0 saturated heterocycles. The molecule has 2 N–H and O–H groups in total. The molecule has 1 aromatic carbocycles. The number of hydrogen-bond acceptors (Lipinski definition) is 7. The van der Waals surface area contributed by atoms with Gasteiger partial charge in [-0.25, -0.2) is 14.6 Å². The van der Waals surface area contributed by atoms with E-state index < -0.39 is 6.04 Å². The molecule has 1 unspecified atom stereocenters. The van der Waals surface area contributed by atoms with Gasteiger partial charge in [-0.2, -0.15) is 0 Å². The molecule has 1 atom stereocenters. The molecular weight excluding hydrogens is 344 g/mol. The van der Waals surface area contributed by atoms with Crippen LogP contribution in [0.4, 0.5) is 5.82 Å². The maximum Gasteiger partial charge on any atom is 0.199 e. The number of aromatic nitrogens is 5. The Hall–Kier alpha value is -3.26. The number of fused-ring (bicyclic) bond motifs is 1. The number of hydrogen-bond donors (Lipinski definition) is 1. The van der Waals surface area contributed by atoms with Gasteiger partial charge in [0.15, 0.2) is 17.3 Å². The third-order valence-corrected chi connectivity index (χ3v) is 4.04. The molecule has 0 radical (unpaired) electrons. The van der Waals surface area contributed by atoms with Crippen LogP contribution in [-0.4, -0.2) is 31.1 Å². The van der Waals surface area contributed by atoms with Gasteiger partial charge >= 0.3 is 0 Å². The molecule has 8 nitrogen and oxygen atoms in total. The molecule has 0 amide bonds. The molecule has 9 heteroatoms. The van der Waals surface area contributed by atoms with Crippen molar-refractivity contribution in [3.8, 4) is 11.5 Å². The average Bonchev–Trinajstić information content (AvgIpc) is 3.21. The first-order chi connectivity index (χ1) is 12.2. The van der Waals surface area contributed by atoms with Crippen molar-refractivity contribution < 1.29 is 9.42 Å². The molecule has 0 spiro atoms. The van der Waals surface area contributed by atoms with Crippen LogP contribution in [0, 0.1) is 0 Å². The highest BCUT2D eigenvalue weighted by molar-refractivity contribution is 6.29. The van der Waals surface area contributed by atoms with Gasteiger partial charge in [0.25, 0.3) is 0 Å². The third kappa shape index (κ3) is 2.52. The fourth-order valence-electron chi connectivity index (χ4n) is 2.69. The van der Waals surface area contributed by atoms with Gasteiger partial charge in [-0.05, 0) is 28.5 Å². The molecule has 0 bridgehead atoms. The summed E-state index contributed by atoms with van der Waals surface area (Å²) in [6.45, 7) is 0. The number of carbonyl (C=O) groups excluding carboxylic acids is 1. The van der Waals surface area contributed by atoms with Crippen LogP contribution in [-0.2, 0) is 4.79 Å². The zero-order valence-electron chi connectivity index (χ0n) is 12.7. The number of halogens is 1. The number of nitrogen functional groups attached to an aromatic ring is 1. The van der Waals surface area contributed by atoms with Gasteiger partial charge in [0.05, 0.1) is 11.0 Å². The molecule has 0 aliphatic heterocycles. The van der Waals surface area contributed by atoms with Crippen LogP contribution >= 0.6 is 11.6 Å². The number of pyridine rings is 1. The van der Waals surface area contributed by atoms with Crippen LogP contribution in [0.5, 0.6) is 0 Å². The average molecular weight is 355 g/mol. The Morgan fingerprint density at radius 1 is 1.20 bits per heavy atom. The van der Waals surface area contributed by atoms with E-state index in [1.807, 2.05) is 24.3 Å². The van der Waals surface area contributed by atoms with Crippen molar-refractivity contribution in [3.05, 3.63) is 53.3 Å². The van der Waals surface area contributed by atoms with Crippen molar-refractivity contribution in [2.45, 2.75) is 6.04 Å². The number of carbonyl (C=O) groups is 1. The Kier molecular flexibility index (Phi) is 3.66. The first-order valence-electron chi connectivity index (χ1n) is 7.31. The van der Waals surface area contributed by atoms with Crippen LogP contribution in [0.15, 0.2) is 47.2 Å². The Morgan fingerprint density at radius 3 is 2.72 bits per heavy atom. The lowest BCUT2D eigenvalue weighted by Gasteiger charge is -2.16. The van der Waals surface area contributed by atoms with E-state index in [0.29, 0.717) is 22.1 Å². The number of aldehydes is 1. The van der Waals surface area contributed by atoms with E-state index in [0.717, 1.165) is 11.8 Å². The van der Waals surface area contributed by atoms with Gasteiger partial charge in [-0.3, -0.25) is 0 Å². The standard InChI is InChI=1S/C16H11ClN6O2/c17-13-6-5-9(7-19-13)12(8-24)23-11-4-2-1-3-10(11)20-16(23)14-15(18)22-25-21-14/h1-8,12H,(H2,18,22). The highest BCUT2D eigenvalue weighted by Gasteiger charge is 2.25. The summed E-state index contributed by atoms with van der Waals surface area (Å²) < 4.78 is 6.41. The molecule has 124 valence electrons. The fraction of sp³-hybridized carbons (Fsp3) is 0.0625. The van der Waals surface area contributed by atoms with E-state index in [1.165, 1.54) is 0 Å². The van der Waals surface area contributed by atoms with Gasteiger partial charge in [0.1, 0.15) is 17.5 Å². The molecule has 3 heterocycles. The summed E-state index contributed by atoms with van der Waals surface area (Å²) in [6.07, 6.45) is 2.34. The van der Waals surface area contributed by atoms with Crippen molar-refractivity contribution in [3.63, 3.8) is 0 Å². The van der Waals surface area contributed by atoms with Crippen LogP contribution < -0.4 is 5.73 Å². The van der Waals surface area contributed by atoms with Crippen LogP contribution in [0.1, 0.15) is 11.6 Å². The predicted molar refractivity (Wildman–Crippen MR) is 90.9 cm³/mol. The van der Waals surface area contributed by atoms with Gasteiger partial charge in [-0.1, -0.05) is 29.8 Å². The smallest absolute Gasteiger partial charge is 0.199 e. The largest absolute Gasteiger partial charge is 0.379 e. The van der Waals surface area contributed by atoms with Crippen molar-refractivity contribution in [2.24, 2.45) is 0 Å². The van der Waals surface area contributed by atoms with E-state index in [-0.39, 0.29) is 11.5 Å². The van der Waals surface area contributed by atoms with Crippen LogP contribution in [0.25, 0.3) is 22.6 Å². The summed E-state index contributed by atoms with van der Waals surface area (Å²) in [5.74, 6) is 0.474. The number of para-hydroxylation sites is 2. The lowest BCUT2D eigenvalue weighted by Crippen LogP contribution is -2.14. The monoisotopic (exact) mass is 354 g/mol. The number of nitrogens with zero attached hydrogens (tertiary/aromatic N) is 5. The molecule has 25 heavy (non-hydrogen) atoms. The number of anilines is 1. The Bertz CT molecular complexity index is 1060. The van der Waals surface area contributed by atoms with Crippen molar-refractivity contribution >= 4 is 34.7 Å². The van der Waals surface area contributed by atoms with E-state index in [9.17, 15) is 4.79 Å². The minimum atomic E-state index is -0.691. The minimum absolute atomic E-state index is 0.0930.